The van der Waals surface area contributed by atoms with Crippen molar-refractivity contribution in [3.05, 3.63) is 59.7 Å². The van der Waals surface area contributed by atoms with Crippen LogP contribution in [-0.4, -0.2) is 41.7 Å². The van der Waals surface area contributed by atoms with Gasteiger partial charge in [-0.1, -0.05) is 30.3 Å². The van der Waals surface area contributed by atoms with E-state index < -0.39 is 32.4 Å². The summed E-state index contributed by atoms with van der Waals surface area (Å²) in [5.74, 6) is -0.898. The molecule has 10 nitrogen and oxygen atoms in total. The number of ether oxygens (including phenoxy) is 2. The van der Waals surface area contributed by atoms with Crippen LogP contribution in [0.1, 0.15) is 17.5 Å². The van der Waals surface area contributed by atoms with Crippen molar-refractivity contribution in [2.24, 2.45) is 5.73 Å². The number of carbonyl (C=O) groups excluding carboxylic acids is 1. The number of hydrogen-bond acceptors (Lipinski definition) is 8. The van der Waals surface area contributed by atoms with E-state index in [9.17, 15) is 19.0 Å². The van der Waals surface area contributed by atoms with E-state index in [-0.39, 0.29) is 18.8 Å². The number of para-hydroxylation sites is 1. The van der Waals surface area contributed by atoms with Crippen LogP contribution in [0, 0.1) is 0 Å². The van der Waals surface area contributed by atoms with Crippen LogP contribution in [0.5, 0.6) is 11.5 Å². The monoisotopic (exact) mass is 453 g/mol. The molecule has 1 unspecified atom stereocenters. The highest BCUT2D eigenvalue weighted by Gasteiger charge is 2.24. The zero-order valence-corrected chi connectivity index (χ0v) is 17.7. The molecule has 11 heteroatoms. The van der Waals surface area contributed by atoms with Gasteiger partial charge in [-0.25, -0.2) is 4.57 Å². The summed E-state index contributed by atoms with van der Waals surface area (Å²) in [5.41, 5.74) is 6.53. The zero-order valence-electron chi connectivity index (χ0n) is 16.8. The molecule has 2 rings (SSSR count). The number of carboxylic acid groups (broad SMARTS) is 1. The third-order valence-electron chi connectivity index (χ3n) is 4.05. The molecule has 2 atom stereocenters. The van der Waals surface area contributed by atoms with Crippen LogP contribution in [0.15, 0.2) is 48.5 Å². The minimum Gasteiger partial charge on any atom is -0.496 e. The van der Waals surface area contributed by atoms with Gasteiger partial charge in [0.2, 0.25) is 0 Å². The van der Waals surface area contributed by atoms with Gasteiger partial charge in [0, 0.05) is 0 Å². The Morgan fingerprint density at radius 1 is 1.13 bits per heavy atom. The summed E-state index contributed by atoms with van der Waals surface area (Å²) in [6.45, 7) is -1.02. The third kappa shape index (κ3) is 8.49. The number of phosphoric acid groups is 1. The van der Waals surface area contributed by atoms with Gasteiger partial charge in [0.1, 0.15) is 17.5 Å². The van der Waals surface area contributed by atoms with Crippen molar-refractivity contribution in [2.45, 2.75) is 25.5 Å². The first kappa shape index (κ1) is 24.5. The fourth-order valence-corrected chi connectivity index (χ4v) is 3.20. The average molecular weight is 453 g/mol. The van der Waals surface area contributed by atoms with Gasteiger partial charge in [0.25, 0.3) is 0 Å². The van der Waals surface area contributed by atoms with Gasteiger partial charge in [0.05, 0.1) is 26.7 Å². The van der Waals surface area contributed by atoms with Crippen LogP contribution in [0.25, 0.3) is 0 Å². The molecule has 0 saturated heterocycles. The fraction of sp³-hybridized carbons (Fsp3) is 0.300. The second-order valence-electron chi connectivity index (χ2n) is 6.42. The van der Waals surface area contributed by atoms with E-state index >= 15 is 0 Å². The molecular formula is C20H24NO9P. The van der Waals surface area contributed by atoms with Gasteiger partial charge in [-0.15, -0.1) is 0 Å². The minimum atomic E-state index is -4.51. The average Bonchev–Trinajstić information content (AvgIpc) is 2.75. The second-order valence-corrected chi connectivity index (χ2v) is 7.87. The summed E-state index contributed by atoms with van der Waals surface area (Å²) < 4.78 is 31.7. The van der Waals surface area contributed by atoms with Crippen LogP contribution in [0.2, 0.25) is 0 Å². The van der Waals surface area contributed by atoms with Gasteiger partial charge in [0.15, 0.2) is 0 Å². The zero-order chi connectivity index (χ0) is 22.9. The van der Waals surface area contributed by atoms with Gasteiger partial charge in [-0.05, 0) is 35.7 Å². The lowest BCUT2D eigenvalue weighted by Gasteiger charge is -2.14. The molecule has 0 aliphatic heterocycles. The predicted molar refractivity (Wildman–Crippen MR) is 110 cm³/mol. The molecule has 0 bridgehead atoms. The maximum Gasteiger partial charge on any atom is 0.472 e. The maximum absolute atomic E-state index is 12.2. The molecule has 0 fully saturated rings. The van der Waals surface area contributed by atoms with E-state index in [2.05, 4.69) is 4.52 Å². The van der Waals surface area contributed by atoms with Crippen molar-refractivity contribution < 1.29 is 42.7 Å². The second kappa shape index (κ2) is 11.6. The number of aliphatic carboxylic acids is 1. The molecular weight excluding hydrogens is 429 g/mol. The van der Waals surface area contributed by atoms with Crippen LogP contribution in [-0.2, 0) is 36.2 Å². The Kier molecular flexibility index (Phi) is 9.17. The minimum absolute atomic E-state index is 0.130. The molecule has 4 N–H and O–H groups in total. The molecule has 0 aromatic heterocycles. The number of phosphoric ester groups is 1. The van der Waals surface area contributed by atoms with Crippen molar-refractivity contribution in [2.75, 3.05) is 13.7 Å². The summed E-state index contributed by atoms with van der Waals surface area (Å²) in [6.07, 6.45) is 0.569. The molecule has 31 heavy (non-hydrogen) atoms. The number of hydrogen-bond donors (Lipinski definition) is 3. The highest BCUT2D eigenvalue weighted by Crippen LogP contribution is 2.44. The summed E-state index contributed by atoms with van der Waals surface area (Å²) >= 11 is 0. The number of benzene rings is 2. The summed E-state index contributed by atoms with van der Waals surface area (Å²) in [6, 6.07) is 12.1. The van der Waals surface area contributed by atoms with E-state index in [1.807, 2.05) is 24.3 Å². The molecule has 0 saturated carbocycles. The van der Waals surface area contributed by atoms with E-state index in [0.29, 0.717) is 17.7 Å². The smallest absolute Gasteiger partial charge is 0.472 e. The third-order valence-corrected chi connectivity index (χ3v) is 4.98. The van der Waals surface area contributed by atoms with Crippen LogP contribution in [0.4, 0.5) is 0 Å². The quantitative estimate of drug-likeness (QED) is 0.248. The highest BCUT2D eigenvalue weighted by molar-refractivity contribution is 7.47. The Hall–Kier alpha value is -2.75. The van der Waals surface area contributed by atoms with Gasteiger partial charge in [-0.3, -0.25) is 18.6 Å². The molecule has 2 aromatic rings. The van der Waals surface area contributed by atoms with Gasteiger partial charge < -0.3 is 25.2 Å². The number of aryl methyl sites for hydroxylation is 1. The molecule has 0 spiro atoms. The van der Waals surface area contributed by atoms with Crippen molar-refractivity contribution in [3.63, 3.8) is 0 Å². The Morgan fingerprint density at radius 2 is 1.87 bits per heavy atom. The lowest BCUT2D eigenvalue weighted by molar-refractivity contribution is -0.139. The first-order chi connectivity index (χ1) is 14.7. The number of methoxy groups -OCH3 is 1. The van der Waals surface area contributed by atoms with Gasteiger partial charge in [-0.2, -0.15) is 0 Å². The number of carboxylic acids is 1. The van der Waals surface area contributed by atoms with E-state index in [0.717, 1.165) is 5.56 Å². The summed E-state index contributed by atoms with van der Waals surface area (Å²) in [4.78, 5) is 32.4. The van der Waals surface area contributed by atoms with Crippen LogP contribution >= 0.6 is 7.82 Å². The Balaban J connectivity index is 1.86. The van der Waals surface area contributed by atoms with E-state index in [1.165, 1.54) is 6.07 Å². The molecule has 0 heterocycles. The normalized spacial score (nSPS) is 13.8. The summed E-state index contributed by atoms with van der Waals surface area (Å²) in [7, 11) is -2.95. The lowest BCUT2D eigenvalue weighted by atomic mass is 10.1. The molecule has 168 valence electrons. The summed E-state index contributed by atoms with van der Waals surface area (Å²) in [5, 5.41) is 8.65. The Morgan fingerprint density at radius 3 is 2.58 bits per heavy atom. The van der Waals surface area contributed by atoms with Crippen LogP contribution in [0.3, 0.4) is 0 Å². The number of nitrogens with two attached hydrogens (primary N) is 1. The topological polar surface area (TPSA) is 155 Å². The Bertz CT molecular complexity index is 950. The van der Waals surface area contributed by atoms with Crippen molar-refractivity contribution in [1.29, 1.82) is 0 Å². The molecule has 0 aliphatic carbocycles. The highest BCUT2D eigenvalue weighted by atomic mass is 31.2. The van der Waals surface area contributed by atoms with Crippen molar-refractivity contribution in [3.8, 4) is 11.5 Å². The van der Waals surface area contributed by atoms with Crippen LogP contribution < -0.4 is 15.2 Å². The molecule has 2 aromatic carbocycles. The van der Waals surface area contributed by atoms with E-state index in [1.54, 1.807) is 25.3 Å². The number of esters is 1. The van der Waals surface area contributed by atoms with Crippen molar-refractivity contribution >= 4 is 19.8 Å². The van der Waals surface area contributed by atoms with Gasteiger partial charge >= 0.3 is 19.8 Å². The predicted octanol–water partition coefficient (Wildman–Crippen LogP) is 2.28. The lowest BCUT2D eigenvalue weighted by Crippen LogP contribution is -2.34. The standard InChI is InChI=1S/C20H24NO9P/c1-27-18-8-3-2-6-15(18)9-10-19(22)30-16-7-4-5-14(11-16)12-28-31(25,26)29-13-17(21)20(23)24/h2-8,11,17H,9-10,12-13,21H2,1H3,(H,23,24)(H,25,26)/t17-/m0/s1. The number of carbonyl (C=O) groups is 2. The van der Waals surface area contributed by atoms with E-state index in [4.69, 9.17) is 24.8 Å². The fourth-order valence-electron chi connectivity index (χ4n) is 2.47. The van der Waals surface area contributed by atoms with Crippen molar-refractivity contribution in [1.82, 2.24) is 0 Å². The maximum atomic E-state index is 12.2. The first-order valence-corrected chi connectivity index (χ1v) is 10.7. The molecule has 0 amide bonds. The SMILES string of the molecule is COc1ccccc1CCC(=O)Oc1cccc(COP(=O)(O)OC[C@H](N)C(=O)O)c1. The largest absolute Gasteiger partial charge is 0.496 e. The first-order valence-electron chi connectivity index (χ1n) is 9.22. The molecule has 0 radical (unpaired) electrons. The number of rotatable bonds is 12. The molecule has 0 aliphatic rings. The Labute approximate surface area is 179 Å².